The van der Waals surface area contributed by atoms with Crippen molar-refractivity contribution < 1.29 is 32.3 Å². The predicted molar refractivity (Wildman–Crippen MR) is 123 cm³/mol. The Morgan fingerprint density at radius 2 is 1.89 bits per heavy atom. The fourth-order valence-corrected chi connectivity index (χ4v) is 5.68. The van der Waals surface area contributed by atoms with E-state index in [1.165, 1.54) is 29.2 Å². The SMILES string of the molecule is CC1(C)[C@@H]2[C@@H](C(=O)N[C@H](C#N)C[C@@H]3CCNC3=O)N(C(=O)[C@@H](NC(=O)C(F)(F)F)c3ccccc3)C[C@@H]21. The van der Waals surface area contributed by atoms with Crippen LogP contribution in [-0.4, -0.2) is 59.9 Å². The van der Waals surface area contributed by atoms with Crippen LogP contribution in [-0.2, 0) is 19.2 Å². The van der Waals surface area contributed by atoms with E-state index in [9.17, 15) is 37.6 Å². The van der Waals surface area contributed by atoms with Crippen LogP contribution >= 0.6 is 0 Å². The molecular weight excluding hydrogens is 491 g/mol. The number of piperidine rings is 1. The molecule has 1 aliphatic carbocycles. The lowest BCUT2D eigenvalue weighted by atomic mass is 9.96. The van der Waals surface area contributed by atoms with E-state index in [2.05, 4.69) is 10.6 Å². The molecule has 1 saturated carbocycles. The van der Waals surface area contributed by atoms with Gasteiger partial charge in [0.2, 0.25) is 11.8 Å². The van der Waals surface area contributed by atoms with Crippen LogP contribution in [0.15, 0.2) is 30.3 Å². The standard InChI is InChI=1S/C25H28F3N5O4/c1-24(2)16-12-33(22(36)18(13-6-4-3-5-7-13)32-23(37)25(26,27)28)19(17(16)24)21(35)31-15(11-29)10-14-8-9-30-20(14)34/h3-7,14-19H,8-10,12H2,1-2H3,(H,30,34)(H,31,35)(H,32,37)/t14-,15-,16-,17-,18-,19-/m0/s1. The highest BCUT2D eigenvalue weighted by Gasteiger charge is 2.69. The average molecular weight is 520 g/mol. The number of amides is 4. The smallest absolute Gasteiger partial charge is 0.356 e. The van der Waals surface area contributed by atoms with Gasteiger partial charge in [0.05, 0.1) is 6.07 Å². The van der Waals surface area contributed by atoms with Gasteiger partial charge >= 0.3 is 12.1 Å². The third-order valence-electron chi connectivity index (χ3n) is 7.83. The number of hydrogen-bond acceptors (Lipinski definition) is 5. The minimum absolute atomic E-state index is 0.0666. The number of carbonyl (C=O) groups excluding carboxylic acids is 4. The molecule has 2 aliphatic heterocycles. The van der Waals surface area contributed by atoms with Gasteiger partial charge in [-0.1, -0.05) is 44.2 Å². The summed E-state index contributed by atoms with van der Waals surface area (Å²) in [4.78, 5) is 52.0. The van der Waals surface area contributed by atoms with E-state index in [1.54, 1.807) is 11.4 Å². The summed E-state index contributed by atoms with van der Waals surface area (Å²) in [5.41, 5.74) is -0.143. The van der Waals surface area contributed by atoms with Gasteiger partial charge in [0, 0.05) is 19.0 Å². The van der Waals surface area contributed by atoms with Gasteiger partial charge in [0.15, 0.2) is 0 Å². The van der Waals surface area contributed by atoms with Crippen molar-refractivity contribution in [3.63, 3.8) is 0 Å². The van der Waals surface area contributed by atoms with E-state index in [-0.39, 0.29) is 41.7 Å². The molecule has 0 bridgehead atoms. The monoisotopic (exact) mass is 519 g/mol. The molecule has 3 fully saturated rings. The molecule has 37 heavy (non-hydrogen) atoms. The lowest BCUT2D eigenvalue weighted by Gasteiger charge is -2.33. The summed E-state index contributed by atoms with van der Waals surface area (Å²) >= 11 is 0. The Bertz CT molecular complexity index is 1130. The summed E-state index contributed by atoms with van der Waals surface area (Å²) in [5, 5.41) is 16.7. The van der Waals surface area contributed by atoms with E-state index in [0.29, 0.717) is 13.0 Å². The highest BCUT2D eigenvalue weighted by Crippen LogP contribution is 2.65. The van der Waals surface area contributed by atoms with Crippen molar-refractivity contribution in [2.24, 2.45) is 23.2 Å². The zero-order valence-corrected chi connectivity index (χ0v) is 20.3. The second-order valence-electron chi connectivity index (χ2n) is 10.4. The molecule has 4 rings (SSSR count). The van der Waals surface area contributed by atoms with E-state index in [0.717, 1.165) is 0 Å². The summed E-state index contributed by atoms with van der Waals surface area (Å²) in [6.07, 6.45) is -4.55. The Morgan fingerprint density at radius 3 is 2.46 bits per heavy atom. The van der Waals surface area contributed by atoms with Gasteiger partial charge in [-0.2, -0.15) is 18.4 Å². The summed E-state index contributed by atoms with van der Waals surface area (Å²) in [6, 6.07) is 5.85. The van der Waals surface area contributed by atoms with Crippen LogP contribution < -0.4 is 16.0 Å². The predicted octanol–water partition coefficient (Wildman–Crippen LogP) is 1.42. The van der Waals surface area contributed by atoms with Crippen molar-refractivity contribution in [2.75, 3.05) is 13.1 Å². The first-order valence-corrected chi connectivity index (χ1v) is 12.1. The lowest BCUT2D eigenvalue weighted by molar-refractivity contribution is -0.175. The van der Waals surface area contributed by atoms with E-state index >= 15 is 0 Å². The van der Waals surface area contributed by atoms with Gasteiger partial charge < -0.3 is 20.9 Å². The zero-order valence-electron chi connectivity index (χ0n) is 20.3. The summed E-state index contributed by atoms with van der Waals surface area (Å²) in [6.45, 7) is 4.50. The first-order chi connectivity index (χ1) is 17.4. The van der Waals surface area contributed by atoms with Crippen molar-refractivity contribution >= 4 is 23.6 Å². The molecule has 9 nitrogen and oxygen atoms in total. The Morgan fingerprint density at radius 1 is 1.22 bits per heavy atom. The van der Waals surface area contributed by atoms with Gasteiger partial charge in [-0.25, -0.2) is 0 Å². The maximum Gasteiger partial charge on any atom is 0.471 e. The minimum Gasteiger partial charge on any atom is -0.356 e. The second-order valence-corrected chi connectivity index (χ2v) is 10.4. The lowest BCUT2D eigenvalue weighted by Crippen LogP contribution is -2.55. The van der Waals surface area contributed by atoms with Crippen LogP contribution in [0.4, 0.5) is 13.2 Å². The molecule has 3 aliphatic rings. The normalized spacial score (nSPS) is 27.4. The van der Waals surface area contributed by atoms with Crippen LogP contribution in [0.3, 0.4) is 0 Å². The number of nitrogens with one attached hydrogen (secondary N) is 3. The Hall–Kier alpha value is -3.62. The number of nitriles is 1. The number of halogens is 3. The molecule has 2 saturated heterocycles. The number of hydrogen-bond donors (Lipinski definition) is 3. The Kier molecular flexibility index (Phi) is 6.92. The largest absolute Gasteiger partial charge is 0.471 e. The number of nitrogens with zero attached hydrogens (tertiary/aromatic N) is 2. The molecule has 4 amide bonds. The second kappa shape index (κ2) is 9.68. The van der Waals surface area contributed by atoms with Crippen LogP contribution in [0.5, 0.6) is 0 Å². The molecule has 1 aromatic carbocycles. The number of carbonyl (C=O) groups is 4. The molecule has 2 heterocycles. The number of likely N-dealkylation sites (tertiary alicyclic amines) is 1. The Labute approximate surface area is 211 Å². The van der Waals surface area contributed by atoms with Crippen molar-refractivity contribution in [3.8, 4) is 6.07 Å². The fraction of sp³-hybridized carbons (Fsp3) is 0.560. The molecule has 198 valence electrons. The van der Waals surface area contributed by atoms with Crippen molar-refractivity contribution in [2.45, 2.75) is 51.0 Å². The maximum atomic E-state index is 13.6. The van der Waals surface area contributed by atoms with E-state index in [4.69, 9.17) is 0 Å². The zero-order chi connectivity index (χ0) is 27.1. The molecule has 3 N–H and O–H groups in total. The van der Waals surface area contributed by atoms with Gasteiger partial charge in [-0.15, -0.1) is 0 Å². The van der Waals surface area contributed by atoms with Gasteiger partial charge in [-0.05, 0) is 35.7 Å². The maximum absolute atomic E-state index is 13.6. The number of alkyl halides is 3. The molecular formula is C25H28F3N5O4. The number of rotatable bonds is 7. The molecule has 6 atom stereocenters. The summed E-state index contributed by atoms with van der Waals surface area (Å²) in [7, 11) is 0. The molecule has 0 unspecified atom stereocenters. The van der Waals surface area contributed by atoms with Gasteiger partial charge in [-0.3, -0.25) is 19.2 Å². The van der Waals surface area contributed by atoms with Crippen LogP contribution in [0.25, 0.3) is 0 Å². The third-order valence-corrected chi connectivity index (χ3v) is 7.83. The van der Waals surface area contributed by atoms with Gasteiger partial charge in [0.25, 0.3) is 5.91 Å². The Balaban J connectivity index is 1.57. The number of benzene rings is 1. The molecule has 1 aromatic rings. The van der Waals surface area contributed by atoms with Crippen LogP contribution in [0.1, 0.15) is 38.3 Å². The highest BCUT2D eigenvalue weighted by molar-refractivity contribution is 5.95. The first-order valence-electron chi connectivity index (χ1n) is 12.1. The molecule has 0 spiro atoms. The minimum atomic E-state index is -5.20. The average Bonchev–Trinajstić information content (AvgIpc) is 3.20. The van der Waals surface area contributed by atoms with Crippen LogP contribution in [0, 0.1) is 34.5 Å². The quantitative estimate of drug-likeness (QED) is 0.502. The third kappa shape index (κ3) is 5.12. The van der Waals surface area contributed by atoms with Crippen molar-refractivity contribution in [3.05, 3.63) is 35.9 Å². The van der Waals surface area contributed by atoms with Crippen molar-refractivity contribution in [1.82, 2.24) is 20.9 Å². The highest BCUT2D eigenvalue weighted by atomic mass is 19.4. The molecule has 0 radical (unpaired) electrons. The van der Waals surface area contributed by atoms with Crippen LogP contribution in [0.2, 0.25) is 0 Å². The fourth-order valence-electron chi connectivity index (χ4n) is 5.68. The first kappa shape index (κ1) is 26.4. The molecule has 0 aromatic heterocycles. The number of fused-ring (bicyclic) bond motifs is 1. The summed E-state index contributed by atoms with van der Waals surface area (Å²) < 4.78 is 39.2. The topological polar surface area (TPSA) is 131 Å². The van der Waals surface area contributed by atoms with E-state index in [1.807, 2.05) is 19.9 Å². The molecule has 12 heteroatoms. The van der Waals surface area contributed by atoms with Gasteiger partial charge in [0.1, 0.15) is 18.1 Å². The van der Waals surface area contributed by atoms with E-state index < -0.39 is 47.9 Å². The summed E-state index contributed by atoms with van der Waals surface area (Å²) in [5.74, 6) is -4.65. The van der Waals surface area contributed by atoms with Crippen molar-refractivity contribution in [1.29, 1.82) is 5.26 Å².